The van der Waals surface area contributed by atoms with Gasteiger partial charge in [0.05, 0.1) is 0 Å². The van der Waals surface area contributed by atoms with E-state index in [0.717, 1.165) is 13.0 Å². The molecule has 0 bridgehead atoms. The van der Waals surface area contributed by atoms with E-state index in [0.29, 0.717) is 0 Å². The monoisotopic (exact) mass is 185 g/mol. The number of aryl methyl sites for hydroxylation is 3. The van der Waals surface area contributed by atoms with Crippen molar-refractivity contribution in [3.8, 4) is 0 Å². The number of rotatable bonds is 3. The van der Waals surface area contributed by atoms with Gasteiger partial charge in [0, 0.05) is 18.9 Å². The van der Waals surface area contributed by atoms with Crippen LogP contribution < -0.4 is 0 Å². The first-order chi connectivity index (χ1) is 6.84. The summed E-state index contributed by atoms with van der Waals surface area (Å²) in [5, 5.41) is 0. The second-order valence-corrected chi connectivity index (χ2v) is 3.66. The molecular formula is C13H15N. The van der Waals surface area contributed by atoms with Crippen LogP contribution >= 0.6 is 0 Å². The Labute approximate surface area is 85.0 Å². The highest BCUT2D eigenvalue weighted by Gasteiger charge is 1.93. The molecule has 72 valence electrons. The molecule has 1 aromatic heterocycles. The van der Waals surface area contributed by atoms with E-state index in [-0.39, 0.29) is 0 Å². The highest BCUT2D eigenvalue weighted by molar-refractivity contribution is 5.21. The van der Waals surface area contributed by atoms with Gasteiger partial charge in [0.1, 0.15) is 0 Å². The van der Waals surface area contributed by atoms with Crippen LogP contribution in [0.15, 0.2) is 48.8 Å². The van der Waals surface area contributed by atoms with Crippen LogP contribution in [0.25, 0.3) is 0 Å². The van der Waals surface area contributed by atoms with Crippen LogP contribution in [0.3, 0.4) is 0 Å². The van der Waals surface area contributed by atoms with Gasteiger partial charge in [0.2, 0.25) is 0 Å². The quantitative estimate of drug-likeness (QED) is 0.692. The zero-order valence-electron chi connectivity index (χ0n) is 8.48. The molecule has 2 rings (SSSR count). The Morgan fingerprint density at radius 2 is 1.64 bits per heavy atom. The van der Waals surface area contributed by atoms with E-state index in [1.165, 1.54) is 11.1 Å². The molecule has 0 aliphatic carbocycles. The second kappa shape index (κ2) is 4.14. The van der Waals surface area contributed by atoms with E-state index in [2.05, 4.69) is 60.3 Å². The lowest BCUT2D eigenvalue weighted by molar-refractivity contribution is 0.701. The smallest absolute Gasteiger partial charge is 0.0260 e. The van der Waals surface area contributed by atoms with Crippen molar-refractivity contribution in [2.45, 2.75) is 19.9 Å². The Morgan fingerprint density at radius 1 is 1.00 bits per heavy atom. The summed E-state index contributed by atoms with van der Waals surface area (Å²) in [7, 11) is 0. The van der Waals surface area contributed by atoms with Crippen molar-refractivity contribution in [3.05, 3.63) is 59.9 Å². The highest BCUT2D eigenvalue weighted by Crippen LogP contribution is 2.05. The van der Waals surface area contributed by atoms with Gasteiger partial charge in [-0.2, -0.15) is 0 Å². The van der Waals surface area contributed by atoms with Crippen LogP contribution in [-0.4, -0.2) is 4.57 Å². The molecule has 2 aromatic rings. The molecule has 0 fully saturated rings. The maximum atomic E-state index is 2.21. The molecule has 0 saturated carbocycles. The number of benzene rings is 1. The van der Waals surface area contributed by atoms with Crippen LogP contribution in [0.5, 0.6) is 0 Å². The lowest BCUT2D eigenvalue weighted by Gasteiger charge is -2.03. The van der Waals surface area contributed by atoms with Gasteiger partial charge in [-0.05, 0) is 31.0 Å². The van der Waals surface area contributed by atoms with Gasteiger partial charge < -0.3 is 4.57 Å². The average molecular weight is 185 g/mol. The Hall–Kier alpha value is -1.50. The molecule has 0 spiro atoms. The summed E-state index contributed by atoms with van der Waals surface area (Å²) in [5.74, 6) is 0. The van der Waals surface area contributed by atoms with Gasteiger partial charge in [0.25, 0.3) is 0 Å². The summed E-state index contributed by atoms with van der Waals surface area (Å²) < 4.78 is 2.21. The fraction of sp³-hybridized carbons (Fsp3) is 0.231. The molecule has 14 heavy (non-hydrogen) atoms. The number of hydrogen-bond acceptors (Lipinski definition) is 0. The molecule has 0 aliphatic rings. The molecule has 0 N–H and O–H groups in total. The van der Waals surface area contributed by atoms with Gasteiger partial charge in [0.15, 0.2) is 0 Å². The Bertz CT molecular complexity index is 370. The van der Waals surface area contributed by atoms with E-state index in [4.69, 9.17) is 0 Å². The number of nitrogens with zero attached hydrogens (tertiary/aromatic N) is 1. The van der Waals surface area contributed by atoms with Crippen LogP contribution in [0.1, 0.15) is 11.1 Å². The summed E-state index contributed by atoms with van der Waals surface area (Å²) in [6, 6.07) is 12.9. The van der Waals surface area contributed by atoms with Gasteiger partial charge in [-0.15, -0.1) is 0 Å². The SMILES string of the molecule is Cc1ccc(CCn2cccc2)cc1. The van der Waals surface area contributed by atoms with Crippen molar-refractivity contribution in [2.75, 3.05) is 0 Å². The van der Waals surface area contributed by atoms with Crippen molar-refractivity contribution in [1.29, 1.82) is 0 Å². The highest BCUT2D eigenvalue weighted by atomic mass is 14.9. The van der Waals surface area contributed by atoms with Gasteiger partial charge in [-0.3, -0.25) is 0 Å². The maximum absolute atomic E-state index is 2.21. The minimum Gasteiger partial charge on any atom is -0.354 e. The average Bonchev–Trinajstić information content (AvgIpc) is 2.70. The molecular weight excluding hydrogens is 170 g/mol. The Kier molecular flexibility index (Phi) is 2.68. The molecule has 0 atom stereocenters. The molecule has 0 amide bonds. The van der Waals surface area contributed by atoms with Gasteiger partial charge in [-0.1, -0.05) is 29.8 Å². The fourth-order valence-electron chi connectivity index (χ4n) is 1.53. The van der Waals surface area contributed by atoms with Crippen molar-refractivity contribution < 1.29 is 0 Å². The third-order valence-corrected chi connectivity index (χ3v) is 2.45. The molecule has 1 heterocycles. The fourth-order valence-corrected chi connectivity index (χ4v) is 1.53. The first-order valence-electron chi connectivity index (χ1n) is 5.01. The van der Waals surface area contributed by atoms with Crippen molar-refractivity contribution in [1.82, 2.24) is 4.57 Å². The third-order valence-electron chi connectivity index (χ3n) is 2.45. The van der Waals surface area contributed by atoms with E-state index in [1.807, 2.05) is 0 Å². The predicted octanol–water partition coefficient (Wildman–Crippen LogP) is 3.04. The first-order valence-corrected chi connectivity index (χ1v) is 5.01. The van der Waals surface area contributed by atoms with Crippen molar-refractivity contribution in [3.63, 3.8) is 0 Å². The largest absolute Gasteiger partial charge is 0.354 e. The lowest BCUT2D eigenvalue weighted by atomic mass is 10.1. The van der Waals surface area contributed by atoms with Crippen LogP contribution in [0, 0.1) is 6.92 Å². The zero-order valence-corrected chi connectivity index (χ0v) is 8.48. The third kappa shape index (κ3) is 2.25. The van der Waals surface area contributed by atoms with E-state index in [1.54, 1.807) is 0 Å². The maximum Gasteiger partial charge on any atom is 0.0260 e. The van der Waals surface area contributed by atoms with Crippen molar-refractivity contribution >= 4 is 0 Å². The Morgan fingerprint density at radius 3 is 2.29 bits per heavy atom. The Balaban J connectivity index is 1.95. The predicted molar refractivity (Wildman–Crippen MR) is 59.3 cm³/mol. The van der Waals surface area contributed by atoms with Gasteiger partial charge in [-0.25, -0.2) is 0 Å². The number of hydrogen-bond donors (Lipinski definition) is 0. The zero-order chi connectivity index (χ0) is 9.80. The second-order valence-electron chi connectivity index (χ2n) is 3.66. The summed E-state index contributed by atoms with van der Waals surface area (Å²) in [6.45, 7) is 3.19. The van der Waals surface area contributed by atoms with Crippen molar-refractivity contribution in [2.24, 2.45) is 0 Å². The molecule has 1 aromatic carbocycles. The standard InChI is InChI=1S/C13H15N/c1-12-4-6-13(7-5-12)8-11-14-9-2-3-10-14/h2-7,9-10H,8,11H2,1H3. The van der Waals surface area contributed by atoms with E-state index in [9.17, 15) is 0 Å². The summed E-state index contributed by atoms with van der Waals surface area (Å²) in [4.78, 5) is 0. The topological polar surface area (TPSA) is 4.93 Å². The minimum atomic E-state index is 1.07. The molecule has 0 saturated heterocycles. The summed E-state index contributed by atoms with van der Waals surface area (Å²) >= 11 is 0. The molecule has 0 unspecified atom stereocenters. The minimum absolute atomic E-state index is 1.07. The summed E-state index contributed by atoms with van der Waals surface area (Å²) in [5.41, 5.74) is 2.74. The van der Waals surface area contributed by atoms with E-state index >= 15 is 0 Å². The first kappa shape index (κ1) is 9.07. The van der Waals surface area contributed by atoms with Crippen LogP contribution in [-0.2, 0) is 13.0 Å². The molecule has 1 heteroatoms. The van der Waals surface area contributed by atoms with E-state index < -0.39 is 0 Å². The molecule has 0 radical (unpaired) electrons. The molecule has 1 nitrogen and oxygen atoms in total. The number of aromatic nitrogens is 1. The normalized spacial score (nSPS) is 10.4. The van der Waals surface area contributed by atoms with Crippen LogP contribution in [0.2, 0.25) is 0 Å². The summed E-state index contributed by atoms with van der Waals surface area (Å²) in [6.07, 6.45) is 5.32. The molecule has 0 aliphatic heterocycles. The van der Waals surface area contributed by atoms with Gasteiger partial charge >= 0.3 is 0 Å². The lowest BCUT2D eigenvalue weighted by Crippen LogP contribution is -1.97. The van der Waals surface area contributed by atoms with Crippen LogP contribution in [0.4, 0.5) is 0 Å².